The Balaban J connectivity index is 1.49. The molecule has 1 unspecified atom stereocenters. The van der Waals surface area contributed by atoms with Crippen LogP contribution in [-0.2, 0) is 17.6 Å². The molecule has 0 aromatic carbocycles. The number of carbonyl (C=O) groups excluding carboxylic acids is 1. The molecule has 1 aromatic heterocycles. The molecule has 0 spiro atoms. The molecule has 1 saturated carbocycles. The Morgan fingerprint density at radius 1 is 1.17 bits per heavy atom. The number of fused-ring (bicyclic) bond motifs is 2. The van der Waals surface area contributed by atoms with Crippen LogP contribution in [0.25, 0.3) is 0 Å². The average molecular weight is 347 g/mol. The number of carbonyl (C=O) groups is 1. The van der Waals surface area contributed by atoms with E-state index in [-0.39, 0.29) is 17.5 Å². The molecule has 0 bridgehead atoms. The summed E-state index contributed by atoms with van der Waals surface area (Å²) >= 11 is 1.62. The summed E-state index contributed by atoms with van der Waals surface area (Å²) in [6.45, 7) is 0. The maximum atomic E-state index is 12.9. The first-order chi connectivity index (χ1) is 11.7. The molecule has 5 nitrogen and oxygen atoms in total. The molecule has 0 saturated heterocycles. The van der Waals surface area contributed by atoms with E-state index in [0.29, 0.717) is 12.5 Å². The molecule has 6 heteroatoms. The molecule has 0 radical (unpaired) electrons. The van der Waals surface area contributed by atoms with Gasteiger partial charge >= 0.3 is 0 Å². The van der Waals surface area contributed by atoms with Crippen LogP contribution in [0.2, 0.25) is 0 Å². The molecule has 4 rings (SSSR count). The molecule has 3 aliphatic rings. The van der Waals surface area contributed by atoms with E-state index < -0.39 is 0 Å². The number of aryl methyl sites for hydroxylation is 1. The van der Waals surface area contributed by atoms with Gasteiger partial charge in [-0.1, -0.05) is 31.0 Å². The van der Waals surface area contributed by atoms with E-state index in [2.05, 4.69) is 5.32 Å². The van der Waals surface area contributed by atoms with Gasteiger partial charge in [-0.2, -0.15) is 0 Å². The maximum Gasteiger partial charge on any atom is 0.257 e. The summed E-state index contributed by atoms with van der Waals surface area (Å²) in [5.74, 6) is 0.869. The van der Waals surface area contributed by atoms with Crippen LogP contribution >= 0.6 is 11.8 Å². The second kappa shape index (κ2) is 6.90. The van der Waals surface area contributed by atoms with Crippen molar-refractivity contribution in [1.29, 1.82) is 0 Å². The third kappa shape index (κ3) is 3.13. The van der Waals surface area contributed by atoms with E-state index in [1.165, 1.54) is 19.3 Å². The van der Waals surface area contributed by atoms with Crippen LogP contribution in [0.5, 0.6) is 0 Å². The number of thioether (sulfide) groups is 1. The number of rotatable bonds is 3. The number of hydrogen-bond donors (Lipinski definition) is 1. The Morgan fingerprint density at radius 2 is 1.96 bits per heavy atom. The monoisotopic (exact) mass is 347 g/mol. The fourth-order valence-electron chi connectivity index (χ4n) is 4.21. The van der Waals surface area contributed by atoms with Crippen molar-refractivity contribution in [3.05, 3.63) is 21.6 Å². The lowest BCUT2D eigenvalue weighted by Crippen LogP contribution is -2.38. The first-order valence-electron chi connectivity index (χ1n) is 9.29. The van der Waals surface area contributed by atoms with Gasteiger partial charge in [-0.25, -0.2) is 4.98 Å². The van der Waals surface area contributed by atoms with Gasteiger partial charge in [-0.15, -0.1) is 0 Å². The zero-order chi connectivity index (χ0) is 16.5. The summed E-state index contributed by atoms with van der Waals surface area (Å²) in [7, 11) is 0. The van der Waals surface area contributed by atoms with Crippen molar-refractivity contribution in [2.75, 3.05) is 5.75 Å². The van der Waals surface area contributed by atoms with Crippen LogP contribution in [0.3, 0.4) is 0 Å². The normalized spacial score (nSPS) is 23.6. The van der Waals surface area contributed by atoms with Gasteiger partial charge in [-0.3, -0.25) is 14.2 Å². The van der Waals surface area contributed by atoms with Crippen molar-refractivity contribution in [2.24, 2.45) is 0 Å². The lowest BCUT2D eigenvalue weighted by Gasteiger charge is -2.24. The van der Waals surface area contributed by atoms with Crippen molar-refractivity contribution >= 4 is 17.7 Å². The molecule has 130 valence electrons. The van der Waals surface area contributed by atoms with Crippen molar-refractivity contribution in [2.45, 2.75) is 81.4 Å². The fraction of sp³-hybridized carbons (Fsp3) is 0.722. The van der Waals surface area contributed by atoms with E-state index in [0.717, 1.165) is 60.7 Å². The number of hydrogen-bond acceptors (Lipinski definition) is 4. The van der Waals surface area contributed by atoms with Crippen molar-refractivity contribution in [1.82, 2.24) is 14.9 Å². The van der Waals surface area contributed by atoms with Gasteiger partial charge in [0.05, 0.1) is 11.7 Å². The minimum Gasteiger partial charge on any atom is -0.353 e. The third-order valence-electron chi connectivity index (χ3n) is 5.51. The first-order valence-corrected chi connectivity index (χ1v) is 10.3. The van der Waals surface area contributed by atoms with Crippen LogP contribution in [0, 0.1) is 0 Å². The van der Waals surface area contributed by atoms with Crippen molar-refractivity contribution in [3.8, 4) is 0 Å². The zero-order valence-electron chi connectivity index (χ0n) is 14.1. The van der Waals surface area contributed by atoms with Gasteiger partial charge in [-0.05, 0) is 38.5 Å². The third-order valence-corrected chi connectivity index (χ3v) is 6.61. The molecule has 24 heavy (non-hydrogen) atoms. The minimum absolute atomic E-state index is 0.0409. The predicted molar refractivity (Wildman–Crippen MR) is 94.5 cm³/mol. The Bertz CT molecular complexity index is 694. The highest BCUT2D eigenvalue weighted by atomic mass is 32.2. The molecule has 2 heterocycles. The molecule has 1 aromatic rings. The summed E-state index contributed by atoms with van der Waals surface area (Å²) in [4.78, 5) is 30.0. The fourth-order valence-corrected chi connectivity index (χ4v) is 5.37. The van der Waals surface area contributed by atoms with Gasteiger partial charge in [0.2, 0.25) is 5.91 Å². The summed E-state index contributed by atoms with van der Waals surface area (Å²) in [6, 6.07) is 0.291. The molecular formula is C18H25N3O2S. The minimum atomic E-state index is -0.0409. The molecule has 1 amide bonds. The van der Waals surface area contributed by atoms with E-state index in [1.54, 1.807) is 16.3 Å². The number of nitrogens with zero attached hydrogens (tertiary/aromatic N) is 2. The van der Waals surface area contributed by atoms with Crippen LogP contribution in [0.4, 0.5) is 0 Å². The Labute approximate surface area is 146 Å². The van der Waals surface area contributed by atoms with Crippen LogP contribution < -0.4 is 10.9 Å². The van der Waals surface area contributed by atoms with Gasteiger partial charge < -0.3 is 5.32 Å². The maximum absolute atomic E-state index is 12.9. The standard InChI is InChI=1S/C18H25N3O2S/c22-16(19-12-6-2-1-3-7-12)10-13-11-24-18-20-15-9-5-4-8-14(15)17(23)21(13)18/h12-13H,1-11H2,(H,19,22). The van der Waals surface area contributed by atoms with Crippen molar-refractivity contribution < 1.29 is 4.79 Å². The summed E-state index contributed by atoms with van der Waals surface area (Å²) < 4.78 is 1.80. The summed E-state index contributed by atoms with van der Waals surface area (Å²) in [5, 5.41) is 3.99. The second-order valence-corrected chi connectivity index (χ2v) is 8.26. The largest absolute Gasteiger partial charge is 0.353 e. The number of aromatic nitrogens is 2. The van der Waals surface area contributed by atoms with Crippen LogP contribution in [0.15, 0.2) is 9.95 Å². The van der Waals surface area contributed by atoms with E-state index in [9.17, 15) is 9.59 Å². The molecule has 1 atom stereocenters. The highest BCUT2D eigenvalue weighted by Gasteiger charge is 2.31. The number of amides is 1. The second-order valence-electron chi connectivity index (χ2n) is 7.27. The Kier molecular flexibility index (Phi) is 4.66. The summed E-state index contributed by atoms with van der Waals surface area (Å²) in [6.07, 6.45) is 10.3. The molecule has 1 fully saturated rings. The Morgan fingerprint density at radius 3 is 2.79 bits per heavy atom. The van der Waals surface area contributed by atoms with Gasteiger partial charge in [0.15, 0.2) is 5.16 Å². The van der Waals surface area contributed by atoms with Gasteiger partial charge in [0, 0.05) is 23.8 Å². The van der Waals surface area contributed by atoms with Crippen molar-refractivity contribution in [3.63, 3.8) is 0 Å². The van der Waals surface area contributed by atoms with E-state index in [1.807, 2.05) is 0 Å². The quantitative estimate of drug-likeness (QED) is 0.854. The SMILES string of the molecule is O=C(CC1CSc2nc3c(c(=O)n21)CCCC3)NC1CCCCC1. The van der Waals surface area contributed by atoms with E-state index >= 15 is 0 Å². The highest BCUT2D eigenvalue weighted by Crippen LogP contribution is 2.33. The highest BCUT2D eigenvalue weighted by molar-refractivity contribution is 7.99. The smallest absolute Gasteiger partial charge is 0.257 e. The molecular weight excluding hydrogens is 322 g/mol. The summed E-state index contributed by atoms with van der Waals surface area (Å²) in [5.41, 5.74) is 2.00. The Hall–Kier alpha value is -1.30. The van der Waals surface area contributed by atoms with Crippen LogP contribution in [-0.4, -0.2) is 27.3 Å². The average Bonchev–Trinajstić information content (AvgIpc) is 2.99. The topological polar surface area (TPSA) is 64.0 Å². The van der Waals surface area contributed by atoms with Crippen LogP contribution in [0.1, 0.15) is 68.7 Å². The number of nitrogens with one attached hydrogen (secondary N) is 1. The zero-order valence-corrected chi connectivity index (χ0v) is 14.9. The lowest BCUT2D eigenvalue weighted by atomic mass is 9.95. The molecule has 2 aliphatic carbocycles. The molecule has 1 aliphatic heterocycles. The first kappa shape index (κ1) is 16.2. The van der Waals surface area contributed by atoms with Gasteiger partial charge in [0.25, 0.3) is 5.56 Å². The predicted octanol–water partition coefficient (Wildman–Crippen LogP) is 2.61. The lowest BCUT2D eigenvalue weighted by molar-refractivity contribution is -0.122. The molecule has 1 N–H and O–H groups in total. The van der Waals surface area contributed by atoms with E-state index in [4.69, 9.17) is 4.98 Å². The van der Waals surface area contributed by atoms with Gasteiger partial charge in [0.1, 0.15) is 0 Å².